The highest BCUT2D eigenvalue weighted by Crippen LogP contribution is 2.30. The molecule has 0 spiro atoms. The molecule has 148 valence electrons. The van der Waals surface area contributed by atoms with E-state index in [-0.39, 0.29) is 10.8 Å². The molecule has 1 aromatic heterocycles. The Morgan fingerprint density at radius 1 is 0.786 bits per heavy atom. The zero-order valence-corrected chi connectivity index (χ0v) is 18.6. The van der Waals surface area contributed by atoms with Crippen LogP contribution in [0.3, 0.4) is 0 Å². The van der Waals surface area contributed by atoms with Gasteiger partial charge >= 0.3 is 0 Å². The molecule has 0 bridgehead atoms. The Hall–Kier alpha value is -2.29. The first kappa shape index (κ1) is 22.0. The summed E-state index contributed by atoms with van der Waals surface area (Å²) in [5.41, 5.74) is 5.53. The van der Waals surface area contributed by atoms with Gasteiger partial charge in [0.15, 0.2) is 0 Å². The monoisotopic (exact) mass is 374 g/mol. The average molecular weight is 374 g/mol. The molecule has 0 aliphatic carbocycles. The van der Waals surface area contributed by atoms with E-state index in [1.807, 2.05) is 0 Å². The van der Waals surface area contributed by atoms with E-state index in [9.17, 15) is 0 Å². The fourth-order valence-electron chi connectivity index (χ4n) is 3.47. The summed E-state index contributed by atoms with van der Waals surface area (Å²) in [6, 6.07) is 21.4. The van der Waals surface area contributed by atoms with Gasteiger partial charge in [-0.3, -0.25) is 0 Å². The highest BCUT2D eigenvalue weighted by atomic mass is 14.9. The molecule has 0 aliphatic rings. The summed E-state index contributed by atoms with van der Waals surface area (Å²) in [5.74, 6) is 0.535. The van der Waals surface area contributed by atoms with Crippen LogP contribution < -0.4 is 0 Å². The van der Waals surface area contributed by atoms with Crippen molar-refractivity contribution in [1.29, 1.82) is 0 Å². The lowest BCUT2D eigenvalue weighted by Crippen LogP contribution is -2.21. The summed E-state index contributed by atoms with van der Waals surface area (Å²) in [6.45, 7) is 13.2. The Balaban J connectivity index is 0.000000203. The highest BCUT2D eigenvalue weighted by Gasteiger charge is 2.27. The molecule has 0 aliphatic heterocycles. The molecule has 28 heavy (non-hydrogen) atoms. The van der Waals surface area contributed by atoms with Gasteiger partial charge in [-0.2, -0.15) is 0 Å². The third-order valence-corrected chi connectivity index (χ3v) is 4.91. The van der Waals surface area contributed by atoms with Gasteiger partial charge in [0.1, 0.15) is 7.85 Å². The number of nitrogens with one attached hydrogen (secondary N) is 1. The minimum absolute atomic E-state index is 0.128. The molecule has 0 radical (unpaired) electrons. The molecule has 0 saturated heterocycles. The summed E-state index contributed by atoms with van der Waals surface area (Å²) < 4.78 is 0. The molecular weight excluding hydrogens is 339 g/mol. The molecule has 2 nitrogen and oxygen atoms in total. The van der Waals surface area contributed by atoms with Gasteiger partial charge in [-0.1, -0.05) is 109 Å². The molecule has 2 aromatic carbocycles. The Bertz CT molecular complexity index is 756. The summed E-state index contributed by atoms with van der Waals surface area (Å²) >= 11 is 0. The number of rotatable bonds is 3. The van der Waals surface area contributed by atoms with Crippen molar-refractivity contribution < 1.29 is 0 Å². The Labute approximate surface area is 172 Å². The number of imidazole rings is 1. The molecule has 3 heteroatoms. The van der Waals surface area contributed by atoms with E-state index < -0.39 is 0 Å². The van der Waals surface area contributed by atoms with Crippen molar-refractivity contribution in [2.75, 3.05) is 0 Å². The molecule has 0 unspecified atom stereocenters. The Morgan fingerprint density at radius 2 is 1.25 bits per heavy atom. The lowest BCUT2D eigenvalue weighted by molar-refractivity contribution is 0.512. The Kier molecular flexibility index (Phi) is 7.29. The summed E-state index contributed by atoms with van der Waals surface area (Å²) in [7, 11) is 2.24. The average Bonchev–Trinajstić information content (AvgIpc) is 3.16. The maximum absolute atomic E-state index is 4.40. The summed E-state index contributed by atoms with van der Waals surface area (Å²) in [5, 5.41) is 0. The van der Waals surface area contributed by atoms with Gasteiger partial charge in [-0.15, -0.1) is 0 Å². The van der Waals surface area contributed by atoms with Crippen LogP contribution in [0.1, 0.15) is 70.0 Å². The number of hydrogen-bond acceptors (Lipinski definition) is 1. The molecule has 1 heterocycles. The normalized spacial score (nSPS) is 11.8. The lowest BCUT2D eigenvalue weighted by atomic mass is 9.81. The summed E-state index contributed by atoms with van der Waals surface area (Å²) in [4.78, 5) is 7.64. The van der Waals surface area contributed by atoms with Crippen LogP contribution in [-0.4, -0.2) is 17.8 Å². The number of hydrogen-bond donors (Lipinski definition) is 1. The molecule has 0 fully saturated rings. The van der Waals surface area contributed by atoms with Crippen molar-refractivity contribution >= 4 is 7.85 Å². The first-order chi connectivity index (χ1) is 13.1. The molecule has 1 N–H and O–H groups in total. The minimum atomic E-state index is 0.128. The quantitative estimate of drug-likeness (QED) is 0.570. The maximum Gasteiger partial charge on any atom is 0.102 e. The highest BCUT2D eigenvalue weighted by molar-refractivity contribution is 6.09. The number of aromatic nitrogens is 2. The predicted octanol–water partition coefficient (Wildman–Crippen LogP) is 5.87. The van der Waals surface area contributed by atoms with Crippen LogP contribution >= 0.6 is 0 Å². The second-order valence-electron chi connectivity index (χ2n) is 9.41. The second kappa shape index (κ2) is 9.27. The van der Waals surface area contributed by atoms with Gasteiger partial charge in [-0.05, 0) is 11.1 Å². The zero-order chi connectivity index (χ0) is 20.8. The van der Waals surface area contributed by atoms with E-state index in [2.05, 4.69) is 120 Å². The molecule has 3 aromatic rings. The first-order valence-electron chi connectivity index (χ1n) is 10.3. The van der Waals surface area contributed by atoms with Crippen LogP contribution in [0.2, 0.25) is 6.32 Å². The third-order valence-electron chi connectivity index (χ3n) is 4.91. The summed E-state index contributed by atoms with van der Waals surface area (Å²) in [6.07, 6.45) is 2.94. The van der Waals surface area contributed by atoms with Crippen molar-refractivity contribution in [2.24, 2.45) is 0 Å². The predicted molar refractivity (Wildman–Crippen MR) is 124 cm³/mol. The first-order valence-corrected chi connectivity index (χ1v) is 10.3. The van der Waals surface area contributed by atoms with Gasteiger partial charge < -0.3 is 4.98 Å². The van der Waals surface area contributed by atoms with Crippen LogP contribution in [0.5, 0.6) is 0 Å². The van der Waals surface area contributed by atoms with E-state index in [1.165, 1.54) is 22.5 Å². The van der Waals surface area contributed by atoms with Gasteiger partial charge in [0.25, 0.3) is 0 Å². The van der Waals surface area contributed by atoms with Gasteiger partial charge in [-0.25, -0.2) is 4.98 Å². The van der Waals surface area contributed by atoms with E-state index in [0.29, 0.717) is 5.92 Å². The third kappa shape index (κ3) is 5.86. The molecule has 0 atom stereocenters. The molecule has 0 saturated carbocycles. The zero-order valence-electron chi connectivity index (χ0n) is 18.6. The van der Waals surface area contributed by atoms with Crippen LogP contribution in [-0.2, 0) is 10.8 Å². The van der Waals surface area contributed by atoms with Crippen molar-refractivity contribution in [3.05, 3.63) is 89.5 Å². The van der Waals surface area contributed by atoms with E-state index in [0.717, 1.165) is 6.32 Å². The maximum atomic E-state index is 4.40. The smallest absolute Gasteiger partial charge is 0.102 e. The second-order valence-corrected chi connectivity index (χ2v) is 9.41. The van der Waals surface area contributed by atoms with E-state index >= 15 is 0 Å². The molecule has 0 amide bonds. The van der Waals surface area contributed by atoms with Gasteiger partial charge in [0, 0.05) is 22.4 Å². The van der Waals surface area contributed by atoms with Crippen molar-refractivity contribution in [3.63, 3.8) is 0 Å². The van der Waals surface area contributed by atoms with Gasteiger partial charge in [0.05, 0.1) is 12.0 Å². The fraction of sp³-hybridized carbons (Fsp3) is 0.400. The number of benzene rings is 2. The fourth-order valence-corrected chi connectivity index (χ4v) is 3.47. The van der Waals surface area contributed by atoms with Crippen LogP contribution in [0, 0.1) is 0 Å². The largest absolute Gasteiger partial charge is 0.348 e. The van der Waals surface area contributed by atoms with Crippen LogP contribution in [0.25, 0.3) is 0 Å². The molecule has 3 rings (SSSR count). The van der Waals surface area contributed by atoms with Crippen LogP contribution in [0.4, 0.5) is 0 Å². The Morgan fingerprint density at radius 3 is 1.57 bits per heavy atom. The SMILES string of the molecule is BCC(c1ccccc1)c1ccccc1.CC(C)(C)c1nc[nH]c1C(C)(C)C. The number of aromatic amines is 1. The van der Waals surface area contributed by atoms with Gasteiger partial charge in [0.2, 0.25) is 0 Å². The van der Waals surface area contributed by atoms with Crippen molar-refractivity contribution in [3.8, 4) is 0 Å². The van der Waals surface area contributed by atoms with E-state index in [4.69, 9.17) is 0 Å². The molecular formula is C25H35BN2. The van der Waals surface area contributed by atoms with E-state index in [1.54, 1.807) is 6.33 Å². The minimum Gasteiger partial charge on any atom is -0.348 e. The van der Waals surface area contributed by atoms with Crippen molar-refractivity contribution in [1.82, 2.24) is 9.97 Å². The topological polar surface area (TPSA) is 28.7 Å². The number of nitrogens with zero attached hydrogens (tertiary/aromatic N) is 1. The van der Waals surface area contributed by atoms with Crippen molar-refractivity contribution in [2.45, 2.75) is 64.6 Å². The standard InChI is InChI=1S/C14H15B.C11H20N2/c15-11-14(12-7-3-1-4-8-12)13-9-5-2-6-10-13;1-10(2,3)8-9(11(4,5)6)13-7-12-8/h1-10,14H,11,15H2;7H,1-6H3,(H,12,13). The van der Waals surface area contributed by atoms with Crippen LogP contribution in [0.15, 0.2) is 67.0 Å². The lowest BCUT2D eigenvalue weighted by Gasteiger charge is -2.24. The number of H-pyrrole nitrogens is 1.